The van der Waals surface area contributed by atoms with E-state index in [1.807, 2.05) is 0 Å². The third kappa shape index (κ3) is 11.0. The number of fused-ring (bicyclic) bond motifs is 5. The molecule has 30 atom stereocenters. The van der Waals surface area contributed by atoms with Gasteiger partial charge in [0.2, 0.25) is 0 Å². The number of aliphatic hydroxyl groups is 16. The number of hydrogen-bond acceptors (Lipinski definition) is 24. The van der Waals surface area contributed by atoms with Crippen LogP contribution in [0.5, 0.6) is 0 Å². The van der Waals surface area contributed by atoms with Crippen LogP contribution in [0.1, 0.15) is 107 Å². The predicted molar refractivity (Wildman–Crippen MR) is 268 cm³/mol. The van der Waals surface area contributed by atoms with E-state index in [-0.39, 0.29) is 40.9 Å². The number of hydrogen-bond donors (Lipinski definition) is 16. The van der Waals surface area contributed by atoms with E-state index in [4.69, 9.17) is 37.9 Å². The van der Waals surface area contributed by atoms with Gasteiger partial charge in [-0.05, 0) is 99.7 Å². The van der Waals surface area contributed by atoms with Gasteiger partial charge in [-0.3, -0.25) is 0 Å². The van der Waals surface area contributed by atoms with Crippen LogP contribution in [0.15, 0.2) is 11.6 Å². The van der Waals surface area contributed by atoms with Crippen molar-refractivity contribution in [2.45, 2.75) is 253 Å². The second kappa shape index (κ2) is 23.7. The molecule has 0 amide bonds. The number of rotatable bonds is 17. The quantitative estimate of drug-likeness (QED) is 0.0637. The molecule has 4 heterocycles. The Labute approximate surface area is 455 Å². The summed E-state index contributed by atoms with van der Waals surface area (Å²) in [6, 6.07) is 0. The van der Waals surface area contributed by atoms with Gasteiger partial charge >= 0.3 is 0 Å². The molecule has 0 spiro atoms. The van der Waals surface area contributed by atoms with Crippen LogP contribution in [0.2, 0.25) is 0 Å². The molecular weight excluding hydrogens is 1030 g/mol. The van der Waals surface area contributed by atoms with Gasteiger partial charge in [-0.1, -0.05) is 53.2 Å². The first kappa shape index (κ1) is 62.8. The standard InChI is InChI=1S/C54H92O24/c1-22(9-13-33(51(4,5)70)77-49-45(41(66)36(61)28(20-57)74-49)78-48-44(69)39(64)35(60)27(19-56)73-48)23-15-16-52(6)30-12-10-24-25(54(30,8)31(58)17-53(23,52)7)11-14-32(50(24,2)3)76-47-43(68)40(65)37(62)29(75-47)21-71-46-42(67)38(63)34(59)26(18-55)72-46/h10,22-23,25-49,55-70H,9,11-21H2,1-8H3. The predicted octanol–water partition coefficient (Wildman–Crippen LogP) is -3.23. The first-order chi connectivity index (χ1) is 36.4. The van der Waals surface area contributed by atoms with Crippen molar-refractivity contribution in [2.24, 2.45) is 45.3 Å². The Morgan fingerprint density at radius 1 is 0.590 bits per heavy atom. The monoisotopic (exact) mass is 1120 g/mol. The minimum absolute atomic E-state index is 0.0338. The van der Waals surface area contributed by atoms with E-state index < -0.39 is 184 Å². The van der Waals surface area contributed by atoms with Crippen molar-refractivity contribution < 1.29 is 120 Å². The molecule has 0 aromatic carbocycles. The highest BCUT2D eigenvalue weighted by Crippen LogP contribution is 2.75. The van der Waals surface area contributed by atoms with Gasteiger partial charge in [-0.15, -0.1) is 0 Å². The summed E-state index contributed by atoms with van der Waals surface area (Å²) in [6.45, 7) is 13.6. The molecule has 24 nitrogen and oxygen atoms in total. The summed E-state index contributed by atoms with van der Waals surface area (Å²) in [7, 11) is 0. The maximum absolute atomic E-state index is 12.7. The van der Waals surface area contributed by atoms with Crippen LogP contribution < -0.4 is 0 Å². The summed E-state index contributed by atoms with van der Waals surface area (Å²) in [4.78, 5) is 0. The van der Waals surface area contributed by atoms with E-state index >= 15 is 0 Å². The van der Waals surface area contributed by atoms with E-state index in [9.17, 15) is 81.7 Å². The molecular formula is C54H92O24. The molecule has 0 radical (unpaired) electrons. The van der Waals surface area contributed by atoms with Crippen molar-refractivity contribution in [3.63, 3.8) is 0 Å². The number of ether oxygens (including phenoxy) is 8. The smallest absolute Gasteiger partial charge is 0.187 e. The minimum atomic E-state index is -1.85. The fourth-order valence-corrected chi connectivity index (χ4v) is 15.6. The SMILES string of the molecule is CC(CCC(OC1OC(CO)C(O)C(O)C1OC1OC(CO)C(O)C(O)C1O)C(C)(C)O)C1CCC2(C)C3CC=C4C(CCC(OC5OC(COC6OC(CO)C(O)C(O)C6O)C(O)C(O)C5O)C4(C)C)C3(C)C(O)CC12C. The van der Waals surface area contributed by atoms with Gasteiger partial charge in [0.15, 0.2) is 25.2 Å². The Balaban J connectivity index is 0.940. The zero-order valence-corrected chi connectivity index (χ0v) is 46.1. The summed E-state index contributed by atoms with van der Waals surface area (Å²) in [6.07, 6.45) is -26.9. The molecule has 0 aromatic heterocycles. The van der Waals surface area contributed by atoms with Crippen LogP contribution in [0, 0.1) is 45.3 Å². The van der Waals surface area contributed by atoms with Crippen LogP contribution in [0.3, 0.4) is 0 Å². The molecule has 24 heteroatoms. The van der Waals surface area contributed by atoms with E-state index in [0.29, 0.717) is 32.1 Å². The summed E-state index contributed by atoms with van der Waals surface area (Å²) in [5.74, 6) is 0.236. The molecule has 0 aromatic rings. The van der Waals surface area contributed by atoms with E-state index in [1.54, 1.807) is 13.8 Å². The largest absolute Gasteiger partial charge is 0.394 e. The van der Waals surface area contributed by atoms with E-state index in [1.165, 1.54) is 0 Å². The molecule has 452 valence electrons. The fourth-order valence-electron chi connectivity index (χ4n) is 15.6. The highest BCUT2D eigenvalue weighted by Gasteiger charge is 2.70. The highest BCUT2D eigenvalue weighted by atomic mass is 16.8. The zero-order valence-electron chi connectivity index (χ0n) is 46.1. The lowest BCUT2D eigenvalue weighted by molar-refractivity contribution is -0.375. The third-order valence-corrected chi connectivity index (χ3v) is 20.8. The van der Waals surface area contributed by atoms with Gasteiger partial charge in [-0.2, -0.15) is 0 Å². The molecule has 0 bridgehead atoms. The van der Waals surface area contributed by atoms with Gasteiger partial charge in [0.1, 0.15) is 97.7 Å². The van der Waals surface area contributed by atoms with Crippen molar-refractivity contribution in [2.75, 3.05) is 26.4 Å². The lowest BCUT2D eigenvalue weighted by Gasteiger charge is -2.67. The second-order valence-electron chi connectivity index (χ2n) is 25.9. The Hall–Kier alpha value is -1.22. The molecule has 4 aliphatic heterocycles. The maximum atomic E-state index is 12.7. The Bertz CT molecular complexity index is 2030. The van der Waals surface area contributed by atoms with Crippen LogP contribution in [-0.4, -0.2) is 255 Å². The molecule has 4 saturated heterocycles. The first-order valence-corrected chi connectivity index (χ1v) is 28.0. The Morgan fingerprint density at radius 3 is 1.65 bits per heavy atom. The molecule has 8 aliphatic rings. The van der Waals surface area contributed by atoms with Crippen molar-refractivity contribution in [1.82, 2.24) is 0 Å². The Kier molecular flexibility index (Phi) is 19.1. The third-order valence-electron chi connectivity index (χ3n) is 20.8. The van der Waals surface area contributed by atoms with Crippen LogP contribution >= 0.6 is 0 Å². The topological polar surface area (TPSA) is 398 Å². The second-order valence-corrected chi connectivity index (χ2v) is 25.9. The molecule has 3 saturated carbocycles. The highest BCUT2D eigenvalue weighted by molar-refractivity contribution is 5.32. The maximum Gasteiger partial charge on any atom is 0.187 e. The molecule has 78 heavy (non-hydrogen) atoms. The molecule has 16 N–H and O–H groups in total. The van der Waals surface area contributed by atoms with Gasteiger partial charge in [0.25, 0.3) is 0 Å². The van der Waals surface area contributed by atoms with Crippen molar-refractivity contribution >= 4 is 0 Å². The minimum Gasteiger partial charge on any atom is -0.394 e. The summed E-state index contributed by atoms with van der Waals surface area (Å²) < 4.78 is 47.5. The van der Waals surface area contributed by atoms with Crippen molar-refractivity contribution in [3.05, 3.63) is 11.6 Å². The number of allylic oxidation sites excluding steroid dienone is 1. The average molecular weight is 1130 g/mol. The number of aliphatic hydroxyl groups excluding tert-OH is 15. The zero-order chi connectivity index (χ0) is 57.5. The fraction of sp³-hybridized carbons (Fsp3) is 0.963. The van der Waals surface area contributed by atoms with Crippen LogP contribution in [0.25, 0.3) is 0 Å². The molecule has 7 fully saturated rings. The Morgan fingerprint density at radius 2 is 1.09 bits per heavy atom. The lowest BCUT2D eigenvalue weighted by atomic mass is 9.38. The van der Waals surface area contributed by atoms with Gasteiger partial charge < -0.3 is 120 Å². The van der Waals surface area contributed by atoms with Crippen LogP contribution in [0.4, 0.5) is 0 Å². The van der Waals surface area contributed by atoms with E-state index in [0.717, 1.165) is 18.4 Å². The summed E-state index contributed by atoms with van der Waals surface area (Å²) >= 11 is 0. The summed E-state index contributed by atoms with van der Waals surface area (Å²) in [5, 5.41) is 172. The van der Waals surface area contributed by atoms with Crippen molar-refractivity contribution in [3.8, 4) is 0 Å². The molecule has 4 aliphatic carbocycles. The summed E-state index contributed by atoms with van der Waals surface area (Å²) in [5.41, 5.74) is -2.12. The van der Waals surface area contributed by atoms with Crippen molar-refractivity contribution in [1.29, 1.82) is 0 Å². The first-order valence-electron chi connectivity index (χ1n) is 28.0. The normalized spacial score (nSPS) is 51.4. The van der Waals surface area contributed by atoms with Crippen LogP contribution in [-0.2, 0) is 37.9 Å². The lowest BCUT2D eigenvalue weighted by Crippen LogP contribution is -2.65. The van der Waals surface area contributed by atoms with Gasteiger partial charge in [0, 0.05) is 10.8 Å². The van der Waals surface area contributed by atoms with Gasteiger partial charge in [0.05, 0.1) is 50.3 Å². The average Bonchev–Trinajstić information content (AvgIpc) is 2.93. The molecule has 30 unspecified atom stereocenters. The molecule has 8 rings (SSSR count). The van der Waals surface area contributed by atoms with E-state index in [2.05, 4.69) is 47.6 Å². The van der Waals surface area contributed by atoms with Gasteiger partial charge in [-0.25, -0.2) is 0 Å².